The number of hydrogen-bond acceptors (Lipinski definition) is 10. The number of anilines is 3. The first-order chi connectivity index (χ1) is 32.4. The average molecular weight is 892 g/mol. The third-order valence-corrected chi connectivity index (χ3v) is 11.8. The molecule has 0 saturated heterocycles. The zero-order valence-corrected chi connectivity index (χ0v) is 36.8. The van der Waals surface area contributed by atoms with Gasteiger partial charge in [0.1, 0.15) is 5.69 Å². The van der Waals surface area contributed by atoms with Gasteiger partial charge in [0.05, 0.1) is 11.1 Å². The van der Waals surface area contributed by atoms with E-state index in [2.05, 4.69) is 91.9 Å². The molecule has 0 heterocycles. The van der Waals surface area contributed by atoms with Crippen LogP contribution in [0, 0.1) is 0 Å². The van der Waals surface area contributed by atoms with Crippen LogP contribution in [0.25, 0.3) is 56.7 Å². The van der Waals surface area contributed by atoms with Gasteiger partial charge in [0.2, 0.25) is 17.2 Å². The van der Waals surface area contributed by atoms with Crippen LogP contribution in [0.15, 0.2) is 158 Å². The maximum absolute atomic E-state index is 11.8. The maximum Gasteiger partial charge on any atom is 0.208 e. The normalized spacial score (nSPS) is 14.2. The highest BCUT2D eigenvalue weighted by atomic mass is 16.4. The number of fused-ring (bicyclic) bond motifs is 1. The van der Waals surface area contributed by atoms with Gasteiger partial charge in [-0.05, 0) is 125 Å². The van der Waals surface area contributed by atoms with Crippen molar-refractivity contribution in [1.82, 2.24) is 0 Å². The molecule has 0 saturated carbocycles. The largest absolute Gasteiger partial charge is 0.504 e. The van der Waals surface area contributed by atoms with E-state index in [1.807, 2.05) is 67.6 Å². The number of hydrogen-bond donors (Lipinski definition) is 9. The highest BCUT2D eigenvalue weighted by molar-refractivity contribution is 5.99. The minimum Gasteiger partial charge on any atom is -0.504 e. The van der Waals surface area contributed by atoms with Crippen molar-refractivity contribution in [2.45, 2.75) is 33.1 Å². The van der Waals surface area contributed by atoms with Crippen molar-refractivity contribution in [3.63, 3.8) is 0 Å². The molecule has 67 heavy (non-hydrogen) atoms. The van der Waals surface area contributed by atoms with Crippen LogP contribution >= 0.6 is 0 Å². The van der Waals surface area contributed by atoms with E-state index >= 15 is 0 Å². The number of benzene rings is 6. The molecule has 8 rings (SSSR count). The first kappa shape index (κ1) is 44.8. The molecule has 0 bridgehead atoms. The summed E-state index contributed by atoms with van der Waals surface area (Å²) in [5, 5.41) is 98.8. The van der Waals surface area contributed by atoms with E-state index in [1.54, 1.807) is 24.3 Å². The Balaban J connectivity index is 1.26. The standard InChI is InChI=1S/C57H49NO9/c1-3-4-5-10-15-34(2)45-33-41(26-31-44(45)38-17-11-7-6-8-12-18-38)37-24-29-43(30-25-37)58(42-27-22-36(23-28-42)40-21-20-35-16-13-9-14-19-39(35)32-40)48-53(63)49(59)46(50(60)54(48)64)47-51(61)55(65)57(67)56(66)52(47)62/h3-7,10-11,13-33,59-67H,8-9,12H2,1-2H3/b4-3-,7-6+,10-5-,17-11?,34-15+,38-18?. The van der Waals surface area contributed by atoms with Crippen molar-refractivity contribution < 1.29 is 46.0 Å². The molecule has 0 fully saturated rings. The molecule has 0 radical (unpaired) electrons. The molecule has 336 valence electrons. The minimum atomic E-state index is -1.30. The summed E-state index contributed by atoms with van der Waals surface area (Å²) in [5.74, 6) is -10.7. The molecule has 0 spiro atoms. The fourth-order valence-electron chi connectivity index (χ4n) is 8.29. The lowest BCUT2D eigenvalue weighted by molar-refractivity contribution is 0.329. The van der Waals surface area contributed by atoms with Crippen LogP contribution in [0.1, 0.15) is 55.4 Å². The molecular formula is C57H49NO9. The number of allylic oxidation sites excluding steroid dienone is 14. The molecule has 2 aliphatic carbocycles. The molecule has 0 atom stereocenters. The van der Waals surface area contributed by atoms with Gasteiger partial charge < -0.3 is 50.9 Å². The second-order valence-electron chi connectivity index (χ2n) is 16.1. The average Bonchev–Trinajstić information content (AvgIpc) is 3.59. The number of nitrogens with zero attached hydrogens (tertiary/aromatic N) is 1. The monoisotopic (exact) mass is 891 g/mol. The molecule has 6 aromatic rings. The highest BCUT2D eigenvalue weighted by Crippen LogP contribution is 2.63. The second-order valence-corrected chi connectivity index (χ2v) is 16.1. The fraction of sp³-hybridized carbons (Fsp3) is 0.0877. The molecule has 9 N–H and O–H groups in total. The number of phenols is 9. The molecule has 0 amide bonds. The summed E-state index contributed by atoms with van der Waals surface area (Å²) < 4.78 is 0. The van der Waals surface area contributed by atoms with Gasteiger partial charge in [0.15, 0.2) is 34.5 Å². The van der Waals surface area contributed by atoms with Crippen LogP contribution < -0.4 is 4.90 Å². The number of aromatic hydroxyl groups is 9. The molecule has 0 aromatic heterocycles. The van der Waals surface area contributed by atoms with Crippen molar-refractivity contribution in [3.05, 3.63) is 180 Å². The second kappa shape index (κ2) is 19.1. The zero-order chi connectivity index (χ0) is 47.4. The predicted octanol–water partition coefficient (Wildman–Crippen LogP) is 13.8. The Morgan fingerprint density at radius 2 is 1.03 bits per heavy atom. The van der Waals surface area contributed by atoms with Gasteiger partial charge >= 0.3 is 0 Å². The molecule has 0 unspecified atom stereocenters. The molecular weight excluding hydrogens is 843 g/mol. The van der Waals surface area contributed by atoms with Gasteiger partial charge in [-0.3, -0.25) is 0 Å². The van der Waals surface area contributed by atoms with E-state index < -0.39 is 68.6 Å². The quantitative estimate of drug-likeness (QED) is 0.0364. The number of rotatable bonds is 10. The van der Waals surface area contributed by atoms with Crippen LogP contribution in [0.5, 0.6) is 51.7 Å². The Morgan fingerprint density at radius 1 is 0.493 bits per heavy atom. The predicted molar refractivity (Wildman–Crippen MR) is 268 cm³/mol. The van der Waals surface area contributed by atoms with Gasteiger partial charge in [0, 0.05) is 11.4 Å². The van der Waals surface area contributed by atoms with Crippen molar-refractivity contribution in [2.24, 2.45) is 0 Å². The SMILES string of the molecule is C\C=C/C=C\C=C(/C)c1cc(-c2ccc(N(c3ccc(-c4ccc5c(c4)C=CCC=C5)cc3)c3c(O)c(O)c(-c4c(O)c(O)c(O)c(O)c4O)c(O)c3O)cc2)ccc1C1=CCC/C=C/C=C1. The summed E-state index contributed by atoms with van der Waals surface area (Å²) >= 11 is 0. The van der Waals surface area contributed by atoms with E-state index in [9.17, 15) is 46.0 Å². The van der Waals surface area contributed by atoms with E-state index in [0.717, 1.165) is 74.9 Å². The van der Waals surface area contributed by atoms with Crippen LogP contribution in [-0.2, 0) is 0 Å². The minimum absolute atomic E-state index is 0.376. The van der Waals surface area contributed by atoms with E-state index in [4.69, 9.17) is 0 Å². The zero-order valence-electron chi connectivity index (χ0n) is 36.8. The maximum atomic E-state index is 11.8. The first-order valence-corrected chi connectivity index (χ1v) is 21.7. The molecule has 0 aliphatic heterocycles. The van der Waals surface area contributed by atoms with Crippen LogP contribution in [-0.4, -0.2) is 46.0 Å². The van der Waals surface area contributed by atoms with Crippen molar-refractivity contribution in [3.8, 4) is 85.1 Å². The van der Waals surface area contributed by atoms with Gasteiger partial charge in [0.25, 0.3) is 0 Å². The lowest BCUT2D eigenvalue weighted by Crippen LogP contribution is -2.11. The van der Waals surface area contributed by atoms with E-state index in [0.29, 0.717) is 11.4 Å². The summed E-state index contributed by atoms with van der Waals surface area (Å²) in [6.07, 6.45) is 31.7. The summed E-state index contributed by atoms with van der Waals surface area (Å²) in [5.41, 5.74) is 8.36. The molecule has 10 heteroatoms. The smallest absolute Gasteiger partial charge is 0.208 e. The third-order valence-electron chi connectivity index (χ3n) is 11.8. The van der Waals surface area contributed by atoms with Crippen molar-refractivity contribution in [1.29, 1.82) is 0 Å². The fourth-order valence-corrected chi connectivity index (χ4v) is 8.29. The van der Waals surface area contributed by atoms with Crippen LogP contribution in [0.2, 0.25) is 0 Å². The topological polar surface area (TPSA) is 185 Å². The molecule has 2 aliphatic rings. The van der Waals surface area contributed by atoms with Gasteiger partial charge in [-0.15, -0.1) is 0 Å². The third kappa shape index (κ3) is 8.76. The highest BCUT2D eigenvalue weighted by Gasteiger charge is 2.35. The summed E-state index contributed by atoms with van der Waals surface area (Å²) in [6, 6.07) is 26.9. The lowest BCUT2D eigenvalue weighted by atomic mass is 9.90. The summed E-state index contributed by atoms with van der Waals surface area (Å²) in [6.45, 7) is 4.04. The lowest BCUT2D eigenvalue weighted by Gasteiger charge is -2.28. The van der Waals surface area contributed by atoms with Crippen molar-refractivity contribution >= 4 is 40.4 Å². The Bertz CT molecular complexity index is 3090. The van der Waals surface area contributed by atoms with Crippen molar-refractivity contribution in [2.75, 3.05) is 4.90 Å². The number of phenolic OH excluding ortho intramolecular Hbond substituents is 9. The summed E-state index contributed by atoms with van der Waals surface area (Å²) in [7, 11) is 0. The Hall–Kier alpha value is -8.76. The Labute approximate surface area is 388 Å². The molecule has 6 aromatic carbocycles. The van der Waals surface area contributed by atoms with Gasteiger partial charge in [-0.25, -0.2) is 0 Å². The van der Waals surface area contributed by atoms with E-state index in [-0.39, 0.29) is 0 Å². The summed E-state index contributed by atoms with van der Waals surface area (Å²) in [4.78, 5) is 1.41. The van der Waals surface area contributed by atoms with Gasteiger partial charge in [-0.2, -0.15) is 0 Å². The Morgan fingerprint density at radius 3 is 1.64 bits per heavy atom. The Kier molecular flexibility index (Phi) is 12.8. The first-order valence-electron chi connectivity index (χ1n) is 21.7. The van der Waals surface area contributed by atoms with Crippen LogP contribution in [0.3, 0.4) is 0 Å². The van der Waals surface area contributed by atoms with Gasteiger partial charge in [-0.1, -0.05) is 134 Å². The van der Waals surface area contributed by atoms with E-state index in [1.165, 1.54) is 4.90 Å². The van der Waals surface area contributed by atoms with Crippen LogP contribution in [0.4, 0.5) is 17.1 Å². The molecule has 10 nitrogen and oxygen atoms in total.